The van der Waals surface area contributed by atoms with Crippen LogP contribution in [0.2, 0.25) is 0 Å². The maximum Gasteiger partial charge on any atom is 0.158 e. The van der Waals surface area contributed by atoms with Gasteiger partial charge < -0.3 is 19.5 Å². The predicted octanol–water partition coefficient (Wildman–Crippen LogP) is 2.57. The van der Waals surface area contributed by atoms with E-state index in [0.29, 0.717) is 17.7 Å². The minimum atomic E-state index is 0.273. The number of rotatable bonds is 6. The molecule has 1 unspecified atom stereocenters. The van der Waals surface area contributed by atoms with Gasteiger partial charge in [0.05, 0.1) is 31.4 Å². The van der Waals surface area contributed by atoms with E-state index in [9.17, 15) is 0 Å². The van der Waals surface area contributed by atoms with Gasteiger partial charge in [-0.2, -0.15) is 5.26 Å². The third kappa shape index (κ3) is 3.90. The molecule has 0 saturated carbocycles. The highest BCUT2D eigenvalue weighted by molar-refractivity contribution is 5.61. The molecule has 0 aliphatic carbocycles. The summed E-state index contributed by atoms with van der Waals surface area (Å²) in [4.78, 5) is 17.6. The molecule has 9 heteroatoms. The Morgan fingerprint density at radius 2 is 2.03 bits per heavy atom. The van der Waals surface area contributed by atoms with Crippen molar-refractivity contribution in [2.24, 2.45) is 0 Å². The number of benzene rings is 1. The zero-order valence-corrected chi connectivity index (χ0v) is 17.4. The van der Waals surface area contributed by atoms with Gasteiger partial charge in [-0.3, -0.25) is 4.90 Å². The van der Waals surface area contributed by atoms with Crippen LogP contribution in [0.3, 0.4) is 0 Å². The Morgan fingerprint density at radius 3 is 2.74 bits per heavy atom. The first-order valence-electron chi connectivity index (χ1n) is 10.4. The summed E-state index contributed by atoms with van der Waals surface area (Å²) in [6.45, 7) is 4.64. The fraction of sp³-hybridized carbons (Fsp3) is 0.364. The highest BCUT2D eigenvalue weighted by atomic mass is 16.5. The molecule has 0 amide bonds. The summed E-state index contributed by atoms with van der Waals surface area (Å²) in [5.41, 5.74) is 2.38. The van der Waals surface area contributed by atoms with E-state index in [4.69, 9.17) is 10.00 Å². The molecular weight excluding hydrogens is 392 g/mol. The van der Waals surface area contributed by atoms with Crippen LogP contribution in [-0.2, 0) is 0 Å². The number of aromatic nitrogens is 4. The lowest BCUT2D eigenvalue weighted by Gasteiger charge is -2.36. The molecule has 2 saturated heterocycles. The second kappa shape index (κ2) is 8.24. The standard InChI is InChI=1S/C22H24N8O/c1-31-20-9-17(29-8-5-18(13-29)28-6-2-7-28)3-4-19(20)30-14-22(26-15-30)27-21-12-24-16(10-23)11-25-21/h3-4,9,11-12,14-15,18H,2,5-8,13H2,1H3,(H,25,27). The van der Waals surface area contributed by atoms with Gasteiger partial charge in [0.25, 0.3) is 0 Å². The molecule has 0 radical (unpaired) electrons. The summed E-state index contributed by atoms with van der Waals surface area (Å²) >= 11 is 0. The third-order valence-electron chi connectivity index (χ3n) is 5.98. The van der Waals surface area contributed by atoms with Crippen molar-refractivity contribution in [1.82, 2.24) is 24.4 Å². The highest BCUT2D eigenvalue weighted by Gasteiger charge is 2.30. The number of hydrogen-bond acceptors (Lipinski definition) is 8. The number of likely N-dealkylation sites (tertiary alicyclic amines) is 1. The van der Waals surface area contributed by atoms with Crippen LogP contribution in [0.25, 0.3) is 5.69 Å². The van der Waals surface area contributed by atoms with E-state index in [-0.39, 0.29) is 5.69 Å². The molecular formula is C22H24N8O. The van der Waals surface area contributed by atoms with Gasteiger partial charge in [-0.05, 0) is 38.1 Å². The monoisotopic (exact) mass is 416 g/mol. The molecule has 3 aromatic rings. The summed E-state index contributed by atoms with van der Waals surface area (Å²) in [6.07, 6.45) is 9.08. The molecule has 0 spiro atoms. The average molecular weight is 416 g/mol. The van der Waals surface area contributed by atoms with Crippen LogP contribution >= 0.6 is 0 Å². The lowest BCUT2D eigenvalue weighted by molar-refractivity contribution is 0.129. The SMILES string of the molecule is COc1cc(N2CCC(N3CCC3)C2)ccc1-n1cnc(Nc2cnc(C#N)cn2)c1. The molecule has 4 heterocycles. The van der Waals surface area contributed by atoms with Crippen LogP contribution in [0.5, 0.6) is 5.75 Å². The van der Waals surface area contributed by atoms with Crippen molar-refractivity contribution >= 4 is 17.3 Å². The summed E-state index contributed by atoms with van der Waals surface area (Å²) in [5, 5.41) is 11.9. The molecule has 2 aliphatic heterocycles. The van der Waals surface area contributed by atoms with E-state index < -0.39 is 0 Å². The molecule has 158 valence electrons. The molecule has 0 bridgehead atoms. The van der Waals surface area contributed by atoms with Crippen molar-refractivity contribution < 1.29 is 4.74 Å². The van der Waals surface area contributed by atoms with Gasteiger partial charge in [0, 0.05) is 30.9 Å². The summed E-state index contributed by atoms with van der Waals surface area (Å²) in [7, 11) is 1.69. The van der Waals surface area contributed by atoms with Crippen molar-refractivity contribution in [2.45, 2.75) is 18.9 Å². The molecule has 9 nitrogen and oxygen atoms in total. The minimum absolute atomic E-state index is 0.273. The highest BCUT2D eigenvalue weighted by Crippen LogP contribution is 2.32. The van der Waals surface area contributed by atoms with Crippen LogP contribution in [0.15, 0.2) is 43.1 Å². The number of hydrogen-bond donors (Lipinski definition) is 1. The molecule has 31 heavy (non-hydrogen) atoms. The van der Waals surface area contributed by atoms with Crippen molar-refractivity contribution in [2.75, 3.05) is 43.5 Å². The van der Waals surface area contributed by atoms with E-state index >= 15 is 0 Å². The number of nitrogens with one attached hydrogen (secondary N) is 1. The molecule has 2 aromatic heterocycles. The maximum atomic E-state index is 8.83. The van der Waals surface area contributed by atoms with Crippen molar-refractivity contribution in [1.29, 1.82) is 5.26 Å². The third-order valence-corrected chi connectivity index (χ3v) is 5.98. The van der Waals surface area contributed by atoms with E-state index in [1.54, 1.807) is 13.4 Å². The second-order valence-electron chi connectivity index (χ2n) is 7.82. The van der Waals surface area contributed by atoms with E-state index in [2.05, 4.69) is 48.3 Å². The van der Waals surface area contributed by atoms with Gasteiger partial charge in [0.15, 0.2) is 5.69 Å². The fourth-order valence-corrected chi connectivity index (χ4v) is 4.16. The molecule has 1 aromatic carbocycles. The number of anilines is 3. The summed E-state index contributed by atoms with van der Waals surface area (Å²) in [5.74, 6) is 1.95. The lowest BCUT2D eigenvalue weighted by Crippen LogP contribution is -2.46. The Labute approximate surface area is 180 Å². The van der Waals surface area contributed by atoms with Crippen molar-refractivity contribution in [3.63, 3.8) is 0 Å². The molecule has 2 aliphatic rings. The van der Waals surface area contributed by atoms with Gasteiger partial charge in [-0.25, -0.2) is 15.0 Å². The quantitative estimate of drug-likeness (QED) is 0.655. The van der Waals surface area contributed by atoms with Crippen molar-refractivity contribution in [3.05, 3.63) is 48.8 Å². The maximum absolute atomic E-state index is 8.83. The predicted molar refractivity (Wildman–Crippen MR) is 117 cm³/mol. The number of ether oxygens (including phenoxy) is 1. The summed E-state index contributed by atoms with van der Waals surface area (Å²) in [6, 6.07) is 8.95. The smallest absolute Gasteiger partial charge is 0.158 e. The van der Waals surface area contributed by atoms with Crippen molar-refractivity contribution in [3.8, 4) is 17.5 Å². The molecule has 2 fully saturated rings. The number of imidazole rings is 1. The summed E-state index contributed by atoms with van der Waals surface area (Å²) < 4.78 is 7.61. The number of methoxy groups -OCH3 is 1. The largest absolute Gasteiger partial charge is 0.494 e. The Hall–Kier alpha value is -3.64. The zero-order valence-electron chi connectivity index (χ0n) is 17.4. The first-order valence-corrected chi connectivity index (χ1v) is 10.4. The van der Waals surface area contributed by atoms with Crippen LogP contribution in [0, 0.1) is 11.3 Å². The average Bonchev–Trinajstić information content (AvgIpc) is 3.43. The Bertz CT molecular complexity index is 1100. The normalized spacial score (nSPS) is 18.5. The minimum Gasteiger partial charge on any atom is -0.494 e. The zero-order chi connectivity index (χ0) is 21.2. The van der Waals surface area contributed by atoms with Crippen LogP contribution in [0.1, 0.15) is 18.5 Å². The van der Waals surface area contributed by atoms with Gasteiger partial charge in [0.1, 0.15) is 29.8 Å². The van der Waals surface area contributed by atoms with Gasteiger partial charge in [0.2, 0.25) is 0 Å². The topological polar surface area (TPSA) is 95.1 Å². The van der Waals surface area contributed by atoms with Crippen LogP contribution < -0.4 is 15.0 Å². The van der Waals surface area contributed by atoms with E-state index in [1.807, 2.05) is 16.8 Å². The van der Waals surface area contributed by atoms with E-state index in [1.165, 1.54) is 44.0 Å². The first kappa shape index (κ1) is 19.3. The van der Waals surface area contributed by atoms with Crippen LogP contribution in [0.4, 0.5) is 17.3 Å². The van der Waals surface area contributed by atoms with Gasteiger partial charge in [-0.15, -0.1) is 0 Å². The molecule has 5 rings (SSSR count). The second-order valence-corrected chi connectivity index (χ2v) is 7.82. The number of nitrogens with zero attached hydrogens (tertiary/aromatic N) is 7. The fourth-order valence-electron chi connectivity index (χ4n) is 4.16. The lowest BCUT2D eigenvalue weighted by atomic mass is 10.1. The Morgan fingerprint density at radius 1 is 1.13 bits per heavy atom. The molecule has 1 N–H and O–H groups in total. The first-order chi connectivity index (χ1) is 15.2. The van der Waals surface area contributed by atoms with Gasteiger partial charge in [-0.1, -0.05) is 0 Å². The van der Waals surface area contributed by atoms with Crippen LogP contribution in [-0.4, -0.2) is 63.7 Å². The molecule has 1 atom stereocenters. The Kier molecular flexibility index (Phi) is 5.14. The Balaban J connectivity index is 1.31. The number of nitriles is 1. The van der Waals surface area contributed by atoms with E-state index in [0.717, 1.165) is 24.5 Å². The van der Waals surface area contributed by atoms with Gasteiger partial charge >= 0.3 is 0 Å².